The highest BCUT2D eigenvalue weighted by atomic mass is 16.3. The molecule has 0 aliphatic heterocycles. The van der Waals surface area contributed by atoms with Gasteiger partial charge >= 0.3 is 0 Å². The van der Waals surface area contributed by atoms with Crippen molar-refractivity contribution in [1.82, 2.24) is 25.7 Å². The molecular formula is C6H5N6O+. The lowest BCUT2D eigenvalue weighted by molar-refractivity contribution is -0.537. The molecule has 2 aromatic heterocycles. The third-order valence-corrected chi connectivity index (χ3v) is 1.94. The van der Waals surface area contributed by atoms with Crippen molar-refractivity contribution < 1.29 is 4.54 Å². The molecule has 0 amide bonds. The SMILES string of the molecule is O=[n+]1[nH]nc2cc3[nH][nH]nc3cc21. The third-order valence-electron chi connectivity index (χ3n) is 1.94. The van der Waals surface area contributed by atoms with Gasteiger partial charge in [-0.25, -0.2) is 5.21 Å². The van der Waals surface area contributed by atoms with E-state index in [0.29, 0.717) is 21.1 Å². The second kappa shape index (κ2) is 1.94. The van der Waals surface area contributed by atoms with Gasteiger partial charge in [-0.1, -0.05) is 0 Å². The Kier molecular flexibility index (Phi) is 0.950. The van der Waals surface area contributed by atoms with E-state index in [1.165, 1.54) is 0 Å². The molecule has 7 heteroatoms. The fourth-order valence-electron chi connectivity index (χ4n) is 1.31. The van der Waals surface area contributed by atoms with Crippen LogP contribution in [0.3, 0.4) is 0 Å². The first kappa shape index (κ1) is 6.35. The number of rotatable bonds is 0. The van der Waals surface area contributed by atoms with Crippen LogP contribution in [0.15, 0.2) is 12.1 Å². The zero-order valence-corrected chi connectivity index (χ0v) is 6.40. The average Bonchev–Trinajstić information content (AvgIpc) is 2.70. The highest BCUT2D eigenvalue weighted by Gasteiger charge is 2.12. The van der Waals surface area contributed by atoms with E-state index in [9.17, 15) is 4.91 Å². The van der Waals surface area contributed by atoms with Crippen molar-refractivity contribution in [2.75, 3.05) is 0 Å². The van der Waals surface area contributed by atoms with Crippen LogP contribution in [0.2, 0.25) is 0 Å². The Balaban J connectivity index is 2.66. The molecule has 0 aliphatic rings. The number of hydrogen-bond acceptors (Lipinski definition) is 3. The van der Waals surface area contributed by atoms with Gasteiger partial charge in [-0.3, -0.25) is 5.10 Å². The summed E-state index contributed by atoms with van der Waals surface area (Å²) in [6.07, 6.45) is 0. The molecule has 64 valence electrons. The fourth-order valence-corrected chi connectivity index (χ4v) is 1.31. The molecular weight excluding hydrogens is 172 g/mol. The van der Waals surface area contributed by atoms with Crippen molar-refractivity contribution in [3.8, 4) is 0 Å². The zero-order valence-electron chi connectivity index (χ0n) is 6.40. The van der Waals surface area contributed by atoms with Gasteiger partial charge in [0.2, 0.25) is 0 Å². The van der Waals surface area contributed by atoms with Gasteiger partial charge in [0.05, 0.1) is 10.1 Å². The Labute approximate surface area is 70.3 Å². The summed E-state index contributed by atoms with van der Waals surface area (Å²) in [5.74, 6) is 0. The number of fused-ring (bicyclic) bond motifs is 2. The maximum Gasteiger partial charge on any atom is 0.256 e. The summed E-state index contributed by atoms with van der Waals surface area (Å²) in [4.78, 5) is 11.1. The molecule has 0 saturated heterocycles. The molecule has 0 aliphatic carbocycles. The molecule has 3 aromatic rings. The lowest BCUT2D eigenvalue weighted by Gasteiger charge is -1.79. The van der Waals surface area contributed by atoms with Crippen LogP contribution < -0.4 is 4.54 Å². The Bertz CT molecular complexity index is 631. The zero-order chi connectivity index (χ0) is 8.84. The van der Waals surface area contributed by atoms with Crippen molar-refractivity contribution in [3.63, 3.8) is 0 Å². The minimum atomic E-state index is 0.480. The Morgan fingerprint density at radius 2 is 2.15 bits per heavy atom. The standard InChI is InChI=1S/C6H5N6O/c13-12-6-2-4-3(7-10-8-4)1-5(6)9-11-12/h1-2H,(H,11,13)(H2,7,8,10)/q+1. The molecule has 7 nitrogen and oxygen atoms in total. The number of nitrogens with zero attached hydrogens (tertiary/aromatic N) is 3. The molecule has 2 heterocycles. The van der Waals surface area contributed by atoms with E-state index in [2.05, 4.69) is 25.7 Å². The van der Waals surface area contributed by atoms with Crippen molar-refractivity contribution >= 4 is 22.1 Å². The van der Waals surface area contributed by atoms with Gasteiger partial charge in [0, 0.05) is 17.2 Å². The van der Waals surface area contributed by atoms with Crippen LogP contribution in [0.4, 0.5) is 0 Å². The summed E-state index contributed by atoms with van der Waals surface area (Å²) in [5.41, 5.74) is 2.62. The summed E-state index contributed by atoms with van der Waals surface area (Å²) < 4.78 is 0.601. The molecule has 0 radical (unpaired) electrons. The number of benzene rings is 1. The van der Waals surface area contributed by atoms with Crippen molar-refractivity contribution in [2.45, 2.75) is 0 Å². The predicted molar refractivity (Wildman–Crippen MR) is 43.5 cm³/mol. The smallest absolute Gasteiger partial charge is 0.256 e. The Hall–Kier alpha value is -2.18. The maximum atomic E-state index is 11.1. The van der Waals surface area contributed by atoms with Crippen molar-refractivity contribution in [3.05, 3.63) is 17.0 Å². The number of H-pyrrole nitrogens is 3. The topological polar surface area (TPSA) is 96.1 Å². The first-order chi connectivity index (χ1) is 6.34. The Morgan fingerprint density at radius 3 is 3.08 bits per heavy atom. The fraction of sp³-hybridized carbons (Fsp3) is 0. The van der Waals surface area contributed by atoms with Gasteiger partial charge < -0.3 is 0 Å². The monoisotopic (exact) mass is 177 g/mol. The first-order valence-corrected chi connectivity index (χ1v) is 3.68. The van der Waals surface area contributed by atoms with Crippen LogP contribution >= 0.6 is 0 Å². The van der Waals surface area contributed by atoms with Crippen molar-refractivity contribution in [2.24, 2.45) is 0 Å². The summed E-state index contributed by atoms with van der Waals surface area (Å²) in [6, 6.07) is 3.41. The number of hydrogen-bond donors (Lipinski definition) is 3. The molecule has 1 aromatic carbocycles. The lowest BCUT2D eigenvalue weighted by atomic mass is 10.3. The van der Waals surface area contributed by atoms with E-state index in [1.54, 1.807) is 12.1 Å². The Morgan fingerprint density at radius 1 is 1.23 bits per heavy atom. The average molecular weight is 177 g/mol. The van der Waals surface area contributed by atoms with E-state index in [4.69, 9.17) is 0 Å². The van der Waals surface area contributed by atoms with E-state index in [-0.39, 0.29) is 0 Å². The maximum absolute atomic E-state index is 11.1. The van der Waals surface area contributed by atoms with Crippen LogP contribution in [0.25, 0.3) is 22.1 Å². The van der Waals surface area contributed by atoms with E-state index in [1.807, 2.05) is 0 Å². The number of aromatic nitrogens is 6. The van der Waals surface area contributed by atoms with E-state index >= 15 is 0 Å². The summed E-state index contributed by atoms with van der Waals surface area (Å²) in [7, 11) is 0. The van der Waals surface area contributed by atoms with Gasteiger partial charge in [0.15, 0.2) is 0 Å². The molecule has 3 N–H and O–H groups in total. The predicted octanol–water partition coefficient (Wildman–Crippen LogP) is -0.318. The van der Waals surface area contributed by atoms with Crippen LogP contribution in [0, 0.1) is 4.91 Å². The summed E-state index contributed by atoms with van der Waals surface area (Å²) in [6.45, 7) is 0. The van der Waals surface area contributed by atoms with Crippen molar-refractivity contribution in [1.29, 1.82) is 0 Å². The number of nitrogens with one attached hydrogen (secondary N) is 3. The quantitative estimate of drug-likeness (QED) is 0.410. The van der Waals surface area contributed by atoms with Gasteiger partial charge in [0.1, 0.15) is 5.52 Å². The third kappa shape index (κ3) is 0.723. The van der Waals surface area contributed by atoms with E-state index in [0.717, 1.165) is 5.52 Å². The van der Waals surface area contributed by atoms with E-state index < -0.39 is 0 Å². The summed E-state index contributed by atoms with van der Waals surface area (Å²) >= 11 is 0. The molecule has 0 spiro atoms. The highest BCUT2D eigenvalue weighted by Crippen LogP contribution is 2.13. The van der Waals surface area contributed by atoms with Crippen LogP contribution in [0.5, 0.6) is 0 Å². The molecule has 0 saturated carbocycles. The van der Waals surface area contributed by atoms with Gasteiger partial charge in [-0.15, -0.1) is 0 Å². The van der Waals surface area contributed by atoms with Crippen LogP contribution in [-0.2, 0) is 0 Å². The van der Waals surface area contributed by atoms with Crippen LogP contribution in [0.1, 0.15) is 0 Å². The summed E-state index contributed by atoms with van der Waals surface area (Å²) in [5, 5.41) is 15.4. The minimum absolute atomic E-state index is 0.480. The molecule has 0 fully saturated rings. The highest BCUT2D eigenvalue weighted by molar-refractivity contribution is 5.88. The lowest BCUT2D eigenvalue weighted by Crippen LogP contribution is -2.14. The molecule has 3 rings (SSSR count). The molecule has 0 bridgehead atoms. The molecule has 0 unspecified atom stereocenters. The normalized spacial score (nSPS) is 11.4. The van der Waals surface area contributed by atoms with Crippen LogP contribution in [-0.4, -0.2) is 25.7 Å². The molecule has 13 heavy (non-hydrogen) atoms. The van der Waals surface area contributed by atoms with Gasteiger partial charge in [-0.2, -0.15) is 5.10 Å². The minimum Gasteiger partial charge on any atom is -0.283 e. The van der Waals surface area contributed by atoms with Gasteiger partial charge in [0.25, 0.3) is 11.0 Å². The first-order valence-electron chi connectivity index (χ1n) is 3.68. The van der Waals surface area contributed by atoms with Gasteiger partial charge in [-0.05, 0) is 10.1 Å². The second-order valence-electron chi connectivity index (χ2n) is 2.71. The number of aromatic amines is 3. The largest absolute Gasteiger partial charge is 0.283 e. The second-order valence-corrected chi connectivity index (χ2v) is 2.71. The molecule has 0 atom stereocenters.